The lowest BCUT2D eigenvalue weighted by atomic mass is 9.53. The highest BCUT2D eigenvalue weighted by Gasteiger charge is 2.52. The van der Waals surface area contributed by atoms with E-state index in [1.165, 1.54) is 38.5 Å². The van der Waals surface area contributed by atoms with Crippen molar-refractivity contribution < 1.29 is 14.6 Å². The summed E-state index contributed by atoms with van der Waals surface area (Å²) in [6.45, 7) is 2.27. The highest BCUT2D eigenvalue weighted by molar-refractivity contribution is 5.86. The van der Waals surface area contributed by atoms with Gasteiger partial charge in [-0.3, -0.25) is 4.79 Å². The van der Waals surface area contributed by atoms with E-state index in [2.05, 4.69) is 5.32 Å². The number of likely N-dealkylation sites (tertiary alicyclic amines) is 1. The van der Waals surface area contributed by atoms with Crippen molar-refractivity contribution >= 4 is 5.91 Å². The molecule has 0 spiro atoms. The van der Waals surface area contributed by atoms with Gasteiger partial charge in [0.1, 0.15) is 0 Å². The lowest BCUT2D eigenvalue weighted by Crippen LogP contribution is -2.64. The molecule has 1 saturated heterocycles. The molecule has 24 heavy (non-hydrogen) atoms. The topological polar surface area (TPSA) is 61.8 Å². The molecular formula is C19H32N2O3. The molecule has 5 fully saturated rings. The molecule has 5 aliphatic rings. The van der Waals surface area contributed by atoms with Crippen LogP contribution in [-0.2, 0) is 9.53 Å². The normalized spacial score (nSPS) is 44.3. The molecule has 5 heteroatoms. The van der Waals surface area contributed by atoms with Crippen molar-refractivity contribution in [1.29, 1.82) is 0 Å². The molecule has 1 amide bonds. The first-order valence-electron chi connectivity index (χ1n) is 9.78. The molecule has 0 aromatic carbocycles. The van der Waals surface area contributed by atoms with Crippen LogP contribution in [-0.4, -0.2) is 60.4 Å². The van der Waals surface area contributed by atoms with Crippen molar-refractivity contribution in [2.24, 2.45) is 17.8 Å². The fourth-order valence-corrected chi connectivity index (χ4v) is 6.30. The molecular weight excluding hydrogens is 304 g/mol. The Labute approximate surface area is 145 Å². The first-order valence-corrected chi connectivity index (χ1v) is 9.78. The summed E-state index contributed by atoms with van der Waals surface area (Å²) in [5.41, 5.74) is -1.03. The van der Waals surface area contributed by atoms with E-state index in [-0.39, 0.29) is 11.4 Å². The fourth-order valence-electron chi connectivity index (χ4n) is 6.30. The van der Waals surface area contributed by atoms with Gasteiger partial charge in [-0.2, -0.15) is 0 Å². The van der Waals surface area contributed by atoms with Crippen molar-refractivity contribution in [1.82, 2.24) is 10.2 Å². The Hall–Kier alpha value is -0.650. The van der Waals surface area contributed by atoms with Gasteiger partial charge in [0.05, 0.1) is 6.61 Å². The van der Waals surface area contributed by atoms with Crippen LogP contribution in [0.3, 0.4) is 0 Å². The zero-order valence-corrected chi connectivity index (χ0v) is 14.9. The SMILES string of the molecule is COCCN1CCC[C@](O)(CNC23CC4CC(CC(C4)C2)C3)C1=O. The van der Waals surface area contributed by atoms with Gasteiger partial charge in [-0.1, -0.05) is 0 Å². The van der Waals surface area contributed by atoms with Gasteiger partial charge in [-0.05, 0) is 69.1 Å². The minimum atomic E-state index is -1.23. The number of β-amino-alcohol motifs (C(OH)–C–C–N with tert-alkyl or cyclic N) is 1. The first-order chi connectivity index (χ1) is 11.5. The second-order valence-electron chi connectivity index (χ2n) is 8.97. The van der Waals surface area contributed by atoms with Crippen LogP contribution in [0.5, 0.6) is 0 Å². The summed E-state index contributed by atoms with van der Waals surface area (Å²) in [4.78, 5) is 14.5. The lowest BCUT2D eigenvalue weighted by Gasteiger charge is -2.57. The van der Waals surface area contributed by atoms with Crippen molar-refractivity contribution in [3.63, 3.8) is 0 Å². The van der Waals surface area contributed by atoms with E-state index in [0.717, 1.165) is 30.7 Å². The van der Waals surface area contributed by atoms with Gasteiger partial charge in [0, 0.05) is 32.3 Å². The van der Waals surface area contributed by atoms with Gasteiger partial charge in [0.2, 0.25) is 0 Å². The van der Waals surface area contributed by atoms with Crippen molar-refractivity contribution in [3.05, 3.63) is 0 Å². The Morgan fingerprint density at radius 3 is 2.42 bits per heavy atom. The van der Waals surface area contributed by atoms with Crippen LogP contribution in [0.4, 0.5) is 0 Å². The average Bonchev–Trinajstić information content (AvgIpc) is 2.54. The number of hydrogen-bond acceptors (Lipinski definition) is 4. The maximum absolute atomic E-state index is 12.8. The second-order valence-corrected chi connectivity index (χ2v) is 8.97. The Morgan fingerprint density at radius 2 is 1.83 bits per heavy atom. The molecule has 136 valence electrons. The van der Waals surface area contributed by atoms with Crippen LogP contribution >= 0.6 is 0 Å². The number of amides is 1. The van der Waals surface area contributed by atoms with Gasteiger partial charge < -0.3 is 20.1 Å². The molecule has 5 nitrogen and oxygen atoms in total. The fraction of sp³-hybridized carbons (Fsp3) is 0.947. The van der Waals surface area contributed by atoms with Gasteiger partial charge >= 0.3 is 0 Å². The van der Waals surface area contributed by atoms with Crippen LogP contribution < -0.4 is 5.32 Å². The summed E-state index contributed by atoms with van der Waals surface area (Å²) < 4.78 is 5.09. The van der Waals surface area contributed by atoms with E-state index >= 15 is 0 Å². The summed E-state index contributed by atoms with van der Waals surface area (Å²) in [5.74, 6) is 2.51. The van der Waals surface area contributed by atoms with Gasteiger partial charge in [0.25, 0.3) is 5.91 Å². The summed E-state index contributed by atoms with van der Waals surface area (Å²) in [6.07, 6.45) is 9.42. The minimum absolute atomic E-state index is 0.108. The van der Waals surface area contributed by atoms with Crippen LogP contribution in [0.1, 0.15) is 51.4 Å². The van der Waals surface area contributed by atoms with Gasteiger partial charge in [-0.25, -0.2) is 0 Å². The number of carbonyl (C=O) groups excluding carboxylic acids is 1. The molecule has 4 aliphatic carbocycles. The zero-order valence-electron chi connectivity index (χ0n) is 14.9. The monoisotopic (exact) mass is 336 g/mol. The molecule has 0 aromatic heterocycles. The molecule has 5 rings (SSSR count). The summed E-state index contributed by atoms with van der Waals surface area (Å²) in [7, 11) is 1.65. The Kier molecular flexibility index (Phi) is 4.38. The standard InChI is InChI=1S/C19H32N2O3/c1-24-6-5-21-4-2-3-19(23,17(21)22)13-20-18-10-14-7-15(11-18)9-16(8-14)12-18/h14-16,20,23H,2-13H2,1H3/t14?,15?,16?,18?,19-/m0/s1. The maximum atomic E-state index is 12.8. The van der Waals surface area contributed by atoms with E-state index < -0.39 is 5.60 Å². The largest absolute Gasteiger partial charge is 0.383 e. The molecule has 1 heterocycles. The summed E-state index contributed by atoms with van der Waals surface area (Å²) in [5, 5.41) is 14.7. The number of methoxy groups -OCH3 is 1. The number of nitrogens with one attached hydrogen (secondary N) is 1. The van der Waals surface area contributed by atoms with Crippen molar-refractivity contribution in [2.75, 3.05) is 33.4 Å². The third-order valence-corrected chi connectivity index (χ3v) is 7.06. The maximum Gasteiger partial charge on any atom is 0.255 e. The molecule has 4 saturated carbocycles. The number of piperidine rings is 1. The lowest BCUT2D eigenvalue weighted by molar-refractivity contribution is -0.158. The van der Waals surface area contributed by atoms with Crippen LogP contribution in [0.2, 0.25) is 0 Å². The van der Waals surface area contributed by atoms with E-state index in [9.17, 15) is 9.90 Å². The number of hydrogen-bond donors (Lipinski definition) is 2. The van der Waals surface area contributed by atoms with Gasteiger partial charge in [0.15, 0.2) is 5.60 Å². The highest BCUT2D eigenvalue weighted by atomic mass is 16.5. The van der Waals surface area contributed by atoms with Crippen molar-refractivity contribution in [2.45, 2.75) is 62.5 Å². The third kappa shape index (κ3) is 2.99. The van der Waals surface area contributed by atoms with E-state index in [0.29, 0.717) is 26.1 Å². The molecule has 2 N–H and O–H groups in total. The smallest absolute Gasteiger partial charge is 0.255 e. The van der Waals surface area contributed by atoms with Crippen molar-refractivity contribution in [3.8, 4) is 0 Å². The summed E-state index contributed by atoms with van der Waals surface area (Å²) >= 11 is 0. The number of rotatable bonds is 6. The number of ether oxygens (including phenoxy) is 1. The van der Waals surface area contributed by atoms with E-state index in [1.54, 1.807) is 12.0 Å². The van der Waals surface area contributed by atoms with Crippen LogP contribution in [0, 0.1) is 17.8 Å². The Morgan fingerprint density at radius 1 is 1.21 bits per heavy atom. The Balaban J connectivity index is 1.40. The molecule has 1 aliphatic heterocycles. The predicted molar refractivity (Wildman–Crippen MR) is 91.5 cm³/mol. The third-order valence-electron chi connectivity index (χ3n) is 7.06. The number of nitrogens with zero attached hydrogens (tertiary/aromatic N) is 1. The Bertz CT molecular complexity index is 460. The van der Waals surface area contributed by atoms with Gasteiger partial charge in [-0.15, -0.1) is 0 Å². The molecule has 4 bridgehead atoms. The molecule has 0 unspecified atom stereocenters. The first kappa shape index (κ1) is 16.8. The van der Waals surface area contributed by atoms with Crippen LogP contribution in [0.15, 0.2) is 0 Å². The molecule has 1 atom stereocenters. The highest BCUT2D eigenvalue weighted by Crippen LogP contribution is 2.55. The van der Waals surface area contributed by atoms with Crippen LogP contribution in [0.25, 0.3) is 0 Å². The molecule has 0 radical (unpaired) electrons. The molecule has 0 aromatic rings. The van der Waals surface area contributed by atoms with E-state index in [1.807, 2.05) is 0 Å². The zero-order chi connectivity index (χ0) is 16.8. The number of carbonyl (C=O) groups is 1. The predicted octanol–water partition coefficient (Wildman–Crippen LogP) is 1.54. The van der Waals surface area contributed by atoms with E-state index in [4.69, 9.17) is 4.74 Å². The average molecular weight is 336 g/mol. The minimum Gasteiger partial charge on any atom is -0.383 e. The number of aliphatic hydroxyl groups is 1. The second kappa shape index (κ2) is 6.26. The quantitative estimate of drug-likeness (QED) is 0.772. The summed E-state index contributed by atoms with van der Waals surface area (Å²) in [6, 6.07) is 0.